The average molecular weight is 414 g/mol. The zero-order chi connectivity index (χ0) is 15.9. The summed E-state index contributed by atoms with van der Waals surface area (Å²) in [5.74, 6) is 0.828. The summed E-state index contributed by atoms with van der Waals surface area (Å²) < 4.78 is 16.3. The summed E-state index contributed by atoms with van der Waals surface area (Å²) in [5.41, 5.74) is 3.78. The van der Waals surface area contributed by atoms with Crippen LogP contribution in [0.15, 0.2) is 11.6 Å². The lowest BCUT2D eigenvalue weighted by atomic mass is 9.89. The van der Waals surface area contributed by atoms with Crippen LogP contribution < -0.4 is 7.80 Å². The molecule has 0 bridgehead atoms. The molecule has 5 nitrogen and oxygen atoms in total. The molecule has 1 aliphatic heterocycles. The number of ether oxygens (including phenoxy) is 2. The Hall–Kier alpha value is -1.57. The number of cyclic esters (lactones) is 1. The highest BCUT2D eigenvalue weighted by molar-refractivity contribution is 14.1. The summed E-state index contributed by atoms with van der Waals surface area (Å²) in [6.07, 6.45) is 4.32. The largest absolute Gasteiger partial charge is 0.496 e. The van der Waals surface area contributed by atoms with Crippen molar-refractivity contribution in [2.24, 2.45) is 0 Å². The highest BCUT2D eigenvalue weighted by atomic mass is 127. The van der Waals surface area contributed by atoms with Crippen LogP contribution in [0.2, 0.25) is 0 Å². The minimum atomic E-state index is -0.369. The number of halogens is 1. The number of hydrogen-bond donors (Lipinski definition) is 0. The fourth-order valence-corrected chi connectivity index (χ4v) is 3.72. The molecule has 0 spiro atoms. The van der Waals surface area contributed by atoms with Crippen molar-refractivity contribution in [1.29, 1.82) is 0 Å². The normalized spacial score (nSPS) is 19.5. The molecule has 1 heterocycles. The predicted molar refractivity (Wildman–Crippen MR) is 87.6 cm³/mol. The molecule has 0 fully saturated rings. The first kappa shape index (κ1) is 15.3. The predicted octanol–water partition coefficient (Wildman–Crippen LogP) is 3.41. The maximum atomic E-state index is 12.1. The third-order valence-corrected chi connectivity index (χ3v) is 4.77. The Balaban J connectivity index is 2.27. The van der Waals surface area contributed by atoms with Crippen molar-refractivity contribution in [1.82, 2.24) is 0 Å². The summed E-state index contributed by atoms with van der Waals surface area (Å²) in [6, 6.07) is 0. The molecule has 2 aliphatic rings. The van der Waals surface area contributed by atoms with E-state index in [1.807, 2.05) is 13.0 Å². The quantitative estimate of drug-likeness (QED) is 0.430. The van der Waals surface area contributed by atoms with E-state index in [0.717, 1.165) is 41.4 Å². The Bertz CT molecular complexity index is 693. The Kier molecular flexibility index (Phi) is 4.12. The van der Waals surface area contributed by atoms with E-state index in [1.54, 1.807) is 30.1 Å². The SMILES string of the molecule is COc1c(C)c2c(c(OI)c1C1C=C(C=O)CC1)C(=O)OC2. The average Bonchev–Trinajstić information content (AvgIpc) is 3.14. The molecular formula is C16H15IO5. The molecule has 0 radical (unpaired) electrons. The highest BCUT2D eigenvalue weighted by Gasteiger charge is 2.36. The molecule has 22 heavy (non-hydrogen) atoms. The maximum absolute atomic E-state index is 12.1. The summed E-state index contributed by atoms with van der Waals surface area (Å²) in [7, 11) is 1.60. The van der Waals surface area contributed by atoms with Gasteiger partial charge in [-0.3, -0.25) is 4.79 Å². The minimum Gasteiger partial charge on any atom is -0.496 e. The Morgan fingerprint density at radius 3 is 2.77 bits per heavy atom. The standard InChI is InChI=1S/C16H15IO5/c1-8-11-7-21-16(19)13(11)15(22-17)12(14(8)20-2)10-4-3-9(5-10)6-18/h5-6,10H,3-4,7H2,1-2H3. The van der Waals surface area contributed by atoms with E-state index in [4.69, 9.17) is 12.5 Å². The second kappa shape index (κ2) is 5.91. The lowest BCUT2D eigenvalue weighted by Gasteiger charge is -2.20. The number of esters is 1. The molecule has 1 atom stereocenters. The summed E-state index contributed by atoms with van der Waals surface area (Å²) in [5, 5.41) is 0. The number of hydrogen-bond acceptors (Lipinski definition) is 5. The van der Waals surface area contributed by atoms with E-state index in [0.29, 0.717) is 17.1 Å². The number of methoxy groups -OCH3 is 1. The molecule has 0 saturated carbocycles. The molecular weight excluding hydrogens is 399 g/mol. The second-order valence-corrected chi connectivity index (χ2v) is 5.85. The van der Waals surface area contributed by atoms with Gasteiger partial charge in [0.05, 0.1) is 7.11 Å². The van der Waals surface area contributed by atoms with Crippen molar-refractivity contribution in [2.45, 2.75) is 32.3 Å². The fourth-order valence-electron chi connectivity index (χ4n) is 3.26. The van der Waals surface area contributed by atoms with Gasteiger partial charge >= 0.3 is 5.97 Å². The number of fused-ring (bicyclic) bond motifs is 1. The smallest absolute Gasteiger partial charge is 0.342 e. The number of allylic oxidation sites excluding steroid dienone is 2. The van der Waals surface area contributed by atoms with Gasteiger partial charge in [-0.2, -0.15) is 0 Å². The molecule has 0 aromatic heterocycles. The first-order chi connectivity index (χ1) is 10.6. The van der Waals surface area contributed by atoms with Gasteiger partial charge in [-0.15, -0.1) is 0 Å². The molecule has 0 saturated heterocycles. The van der Waals surface area contributed by atoms with Gasteiger partial charge in [0.15, 0.2) is 28.8 Å². The van der Waals surface area contributed by atoms with Gasteiger partial charge in [-0.05, 0) is 30.9 Å². The topological polar surface area (TPSA) is 61.8 Å². The number of benzene rings is 1. The third kappa shape index (κ3) is 2.20. The number of carbonyl (C=O) groups excluding carboxylic acids is 2. The zero-order valence-electron chi connectivity index (χ0n) is 12.3. The van der Waals surface area contributed by atoms with Gasteiger partial charge in [-0.25, -0.2) is 4.79 Å². The van der Waals surface area contributed by atoms with Crippen LogP contribution >= 0.6 is 23.0 Å². The Labute approximate surface area is 142 Å². The molecule has 3 rings (SSSR count). The molecule has 1 aliphatic carbocycles. The molecule has 0 amide bonds. The third-order valence-electron chi connectivity index (χ3n) is 4.33. The Morgan fingerprint density at radius 2 is 2.18 bits per heavy atom. The number of aldehydes is 1. The van der Waals surface area contributed by atoms with E-state index < -0.39 is 0 Å². The lowest BCUT2D eigenvalue weighted by molar-refractivity contribution is -0.105. The number of rotatable bonds is 4. The minimum absolute atomic E-state index is 0.00249. The van der Waals surface area contributed by atoms with Gasteiger partial charge in [0.1, 0.15) is 24.2 Å². The van der Waals surface area contributed by atoms with Crippen molar-refractivity contribution >= 4 is 35.3 Å². The van der Waals surface area contributed by atoms with Crippen LogP contribution in [0.5, 0.6) is 11.5 Å². The van der Waals surface area contributed by atoms with E-state index in [2.05, 4.69) is 0 Å². The van der Waals surface area contributed by atoms with E-state index >= 15 is 0 Å². The van der Waals surface area contributed by atoms with Crippen LogP contribution in [-0.4, -0.2) is 19.4 Å². The van der Waals surface area contributed by atoms with Crippen molar-refractivity contribution in [2.75, 3.05) is 7.11 Å². The monoisotopic (exact) mass is 414 g/mol. The summed E-state index contributed by atoms with van der Waals surface area (Å²) in [6.45, 7) is 2.16. The van der Waals surface area contributed by atoms with Gasteiger partial charge in [-0.1, -0.05) is 6.08 Å². The van der Waals surface area contributed by atoms with Crippen LogP contribution in [0, 0.1) is 6.92 Å². The van der Waals surface area contributed by atoms with Crippen LogP contribution in [0.25, 0.3) is 0 Å². The van der Waals surface area contributed by atoms with Crippen molar-refractivity contribution in [3.8, 4) is 11.5 Å². The fraction of sp³-hybridized carbons (Fsp3) is 0.375. The first-order valence-corrected chi connectivity index (χ1v) is 7.85. The lowest BCUT2D eigenvalue weighted by Crippen LogP contribution is -2.07. The van der Waals surface area contributed by atoms with Crippen LogP contribution in [-0.2, 0) is 16.1 Å². The van der Waals surface area contributed by atoms with Gasteiger partial charge in [0.25, 0.3) is 0 Å². The summed E-state index contributed by atoms with van der Waals surface area (Å²) >= 11 is 1.77. The first-order valence-electron chi connectivity index (χ1n) is 6.97. The molecule has 0 N–H and O–H groups in total. The van der Waals surface area contributed by atoms with Gasteiger partial charge in [0, 0.05) is 17.0 Å². The maximum Gasteiger partial charge on any atom is 0.342 e. The molecule has 1 aromatic carbocycles. The van der Waals surface area contributed by atoms with Gasteiger partial charge < -0.3 is 12.5 Å². The van der Waals surface area contributed by atoms with E-state index in [1.165, 1.54) is 0 Å². The number of carbonyl (C=O) groups is 2. The molecule has 116 valence electrons. The molecule has 6 heteroatoms. The van der Waals surface area contributed by atoms with E-state index in [-0.39, 0.29) is 18.5 Å². The molecule has 1 unspecified atom stereocenters. The molecule has 1 aromatic rings. The van der Waals surface area contributed by atoms with Crippen LogP contribution in [0.4, 0.5) is 0 Å². The van der Waals surface area contributed by atoms with Crippen LogP contribution in [0.1, 0.15) is 45.8 Å². The van der Waals surface area contributed by atoms with E-state index in [9.17, 15) is 9.59 Å². The summed E-state index contributed by atoms with van der Waals surface area (Å²) in [4.78, 5) is 23.1. The second-order valence-electron chi connectivity index (χ2n) is 5.41. The van der Waals surface area contributed by atoms with Crippen LogP contribution in [0.3, 0.4) is 0 Å². The zero-order valence-corrected chi connectivity index (χ0v) is 14.4. The van der Waals surface area contributed by atoms with Crippen molar-refractivity contribution in [3.63, 3.8) is 0 Å². The van der Waals surface area contributed by atoms with Crippen molar-refractivity contribution in [3.05, 3.63) is 33.9 Å². The highest BCUT2D eigenvalue weighted by Crippen LogP contribution is 2.49. The van der Waals surface area contributed by atoms with Gasteiger partial charge in [0.2, 0.25) is 0 Å². The Morgan fingerprint density at radius 1 is 1.41 bits per heavy atom. The van der Waals surface area contributed by atoms with Crippen molar-refractivity contribution < 1.29 is 22.1 Å².